The van der Waals surface area contributed by atoms with Gasteiger partial charge in [-0.25, -0.2) is 9.97 Å². The summed E-state index contributed by atoms with van der Waals surface area (Å²) in [6, 6.07) is 7.64. The molecular weight excluding hydrogens is 224 g/mol. The molecule has 0 radical (unpaired) electrons. The lowest BCUT2D eigenvalue weighted by molar-refractivity contribution is 0.282. The quantitative estimate of drug-likeness (QED) is 0.881. The molecule has 0 aliphatic rings. The van der Waals surface area contributed by atoms with E-state index in [0.29, 0.717) is 5.82 Å². The van der Waals surface area contributed by atoms with Crippen molar-refractivity contribution in [3.8, 4) is 11.4 Å². The molecular formula is C15H20N2O. The third-order valence-electron chi connectivity index (χ3n) is 2.59. The number of hydrogen-bond acceptors (Lipinski definition) is 3. The maximum atomic E-state index is 9.07. The van der Waals surface area contributed by atoms with Gasteiger partial charge in [0.25, 0.3) is 0 Å². The minimum atomic E-state index is 0.0404. The molecule has 0 atom stereocenters. The highest BCUT2D eigenvalue weighted by Gasteiger charge is 2.03. The molecule has 0 bridgehead atoms. The fourth-order valence-corrected chi connectivity index (χ4v) is 1.48. The van der Waals surface area contributed by atoms with Gasteiger partial charge in [0.05, 0.1) is 6.61 Å². The average Bonchev–Trinajstić information content (AvgIpc) is 2.44. The maximum absolute atomic E-state index is 9.07. The molecule has 1 heterocycles. The van der Waals surface area contributed by atoms with Crippen LogP contribution in [0.1, 0.15) is 30.7 Å². The van der Waals surface area contributed by atoms with E-state index in [4.69, 9.17) is 5.11 Å². The van der Waals surface area contributed by atoms with E-state index in [1.54, 1.807) is 0 Å². The van der Waals surface area contributed by atoms with Crippen molar-refractivity contribution in [3.05, 3.63) is 47.3 Å². The molecule has 1 aromatic carbocycles. The third-order valence-corrected chi connectivity index (χ3v) is 2.59. The van der Waals surface area contributed by atoms with Crippen molar-refractivity contribution in [2.75, 3.05) is 0 Å². The first-order chi connectivity index (χ1) is 8.70. The smallest absolute Gasteiger partial charge is 0.159 e. The third kappa shape index (κ3) is 3.37. The van der Waals surface area contributed by atoms with Crippen molar-refractivity contribution in [1.29, 1.82) is 0 Å². The standard InChI is InChI=1S/C13H14N2O.C2H6/c1-9-7-14-13(15-10(9)2)12-5-3-4-11(6-12)8-16;1-2/h3-7,16H,8H2,1-2H3;1-2H3. The Morgan fingerprint density at radius 2 is 1.89 bits per heavy atom. The Balaban J connectivity index is 0.000000771. The second-order valence-electron chi connectivity index (χ2n) is 3.82. The molecule has 0 spiro atoms. The normalized spacial score (nSPS) is 9.61. The second-order valence-corrected chi connectivity index (χ2v) is 3.82. The number of aromatic nitrogens is 2. The molecule has 1 N–H and O–H groups in total. The summed E-state index contributed by atoms with van der Waals surface area (Å²) in [5, 5.41) is 9.07. The van der Waals surface area contributed by atoms with Crippen molar-refractivity contribution in [1.82, 2.24) is 9.97 Å². The van der Waals surface area contributed by atoms with Crippen molar-refractivity contribution in [2.24, 2.45) is 0 Å². The van der Waals surface area contributed by atoms with Gasteiger partial charge in [0, 0.05) is 17.5 Å². The molecule has 18 heavy (non-hydrogen) atoms. The number of hydrogen-bond donors (Lipinski definition) is 1. The first-order valence-corrected chi connectivity index (χ1v) is 6.21. The summed E-state index contributed by atoms with van der Waals surface area (Å²) < 4.78 is 0. The average molecular weight is 244 g/mol. The van der Waals surface area contributed by atoms with Gasteiger partial charge in [0.15, 0.2) is 5.82 Å². The molecule has 3 heteroatoms. The number of benzene rings is 1. The van der Waals surface area contributed by atoms with E-state index in [0.717, 1.165) is 22.4 Å². The molecule has 96 valence electrons. The van der Waals surface area contributed by atoms with Gasteiger partial charge >= 0.3 is 0 Å². The van der Waals surface area contributed by atoms with Crippen molar-refractivity contribution < 1.29 is 5.11 Å². The molecule has 0 aliphatic carbocycles. The van der Waals surface area contributed by atoms with Gasteiger partial charge in [-0.05, 0) is 31.0 Å². The minimum absolute atomic E-state index is 0.0404. The molecule has 0 unspecified atom stereocenters. The number of nitrogens with zero attached hydrogens (tertiary/aromatic N) is 2. The Hall–Kier alpha value is -1.74. The zero-order valence-corrected chi connectivity index (χ0v) is 11.4. The van der Waals surface area contributed by atoms with Crippen LogP contribution in [-0.4, -0.2) is 15.1 Å². The van der Waals surface area contributed by atoms with Crippen LogP contribution >= 0.6 is 0 Å². The summed E-state index contributed by atoms with van der Waals surface area (Å²) >= 11 is 0. The lowest BCUT2D eigenvalue weighted by atomic mass is 10.1. The Morgan fingerprint density at radius 1 is 1.17 bits per heavy atom. The van der Waals surface area contributed by atoms with Gasteiger partial charge in [-0.1, -0.05) is 32.0 Å². The van der Waals surface area contributed by atoms with E-state index in [1.807, 2.05) is 58.2 Å². The number of aliphatic hydroxyl groups is 1. The predicted octanol–water partition coefficient (Wildman–Crippen LogP) is 3.28. The van der Waals surface area contributed by atoms with Crippen LogP contribution in [0.15, 0.2) is 30.5 Å². The van der Waals surface area contributed by atoms with Crippen LogP contribution in [0.25, 0.3) is 11.4 Å². The molecule has 1 aromatic heterocycles. The van der Waals surface area contributed by atoms with Gasteiger partial charge < -0.3 is 5.11 Å². The fourth-order valence-electron chi connectivity index (χ4n) is 1.48. The largest absolute Gasteiger partial charge is 0.392 e. The number of aliphatic hydroxyl groups excluding tert-OH is 1. The number of aryl methyl sites for hydroxylation is 2. The first kappa shape index (κ1) is 14.3. The van der Waals surface area contributed by atoms with Crippen molar-refractivity contribution in [3.63, 3.8) is 0 Å². The number of rotatable bonds is 2. The Bertz CT molecular complexity index is 510. The molecule has 3 nitrogen and oxygen atoms in total. The molecule has 2 rings (SSSR count). The van der Waals surface area contributed by atoms with Crippen LogP contribution in [0, 0.1) is 13.8 Å². The molecule has 0 fully saturated rings. The van der Waals surface area contributed by atoms with Crippen LogP contribution in [0.2, 0.25) is 0 Å². The van der Waals surface area contributed by atoms with E-state index >= 15 is 0 Å². The zero-order chi connectivity index (χ0) is 13.5. The molecule has 0 amide bonds. The Kier molecular flexibility index (Phi) is 5.46. The van der Waals surface area contributed by atoms with Gasteiger partial charge in [-0.15, -0.1) is 0 Å². The maximum Gasteiger partial charge on any atom is 0.159 e. The summed E-state index contributed by atoms with van der Waals surface area (Å²) in [5.74, 6) is 0.707. The van der Waals surface area contributed by atoms with Gasteiger partial charge in [0.2, 0.25) is 0 Å². The lowest BCUT2D eigenvalue weighted by Crippen LogP contribution is -1.95. The monoisotopic (exact) mass is 244 g/mol. The summed E-state index contributed by atoms with van der Waals surface area (Å²) in [5.41, 5.74) is 3.88. The minimum Gasteiger partial charge on any atom is -0.392 e. The van der Waals surface area contributed by atoms with Crippen molar-refractivity contribution >= 4 is 0 Å². The molecule has 0 saturated heterocycles. The van der Waals surface area contributed by atoms with Crippen LogP contribution in [-0.2, 0) is 6.61 Å². The Morgan fingerprint density at radius 3 is 2.50 bits per heavy atom. The summed E-state index contributed by atoms with van der Waals surface area (Å²) in [4.78, 5) is 8.72. The first-order valence-electron chi connectivity index (χ1n) is 6.21. The highest BCUT2D eigenvalue weighted by atomic mass is 16.3. The highest BCUT2D eigenvalue weighted by Crippen LogP contribution is 2.17. The summed E-state index contributed by atoms with van der Waals surface area (Å²) in [7, 11) is 0. The van der Waals surface area contributed by atoms with E-state index in [-0.39, 0.29) is 6.61 Å². The Labute approximate surface area is 109 Å². The zero-order valence-electron chi connectivity index (χ0n) is 11.4. The SMILES string of the molecule is CC.Cc1cnc(-c2cccc(CO)c2)nc1C. The summed E-state index contributed by atoms with van der Waals surface area (Å²) in [6.07, 6.45) is 1.82. The van der Waals surface area contributed by atoms with E-state index in [1.165, 1.54) is 0 Å². The summed E-state index contributed by atoms with van der Waals surface area (Å²) in [6.45, 7) is 8.00. The van der Waals surface area contributed by atoms with Crippen LogP contribution < -0.4 is 0 Å². The predicted molar refractivity (Wildman–Crippen MR) is 74.2 cm³/mol. The van der Waals surface area contributed by atoms with Crippen LogP contribution in [0.3, 0.4) is 0 Å². The molecule has 0 aliphatic heterocycles. The van der Waals surface area contributed by atoms with Gasteiger partial charge in [0.1, 0.15) is 0 Å². The molecule has 2 aromatic rings. The molecule has 0 saturated carbocycles. The topological polar surface area (TPSA) is 46.0 Å². The highest BCUT2D eigenvalue weighted by molar-refractivity contribution is 5.56. The van der Waals surface area contributed by atoms with Gasteiger partial charge in [-0.2, -0.15) is 0 Å². The van der Waals surface area contributed by atoms with Gasteiger partial charge in [-0.3, -0.25) is 0 Å². The second kappa shape index (κ2) is 6.87. The van der Waals surface area contributed by atoms with E-state index < -0.39 is 0 Å². The van der Waals surface area contributed by atoms with E-state index in [9.17, 15) is 0 Å². The van der Waals surface area contributed by atoms with Crippen LogP contribution in [0.5, 0.6) is 0 Å². The van der Waals surface area contributed by atoms with Crippen LogP contribution in [0.4, 0.5) is 0 Å². The lowest BCUT2D eigenvalue weighted by Gasteiger charge is -2.04. The van der Waals surface area contributed by atoms with E-state index in [2.05, 4.69) is 9.97 Å². The fraction of sp³-hybridized carbons (Fsp3) is 0.333. The van der Waals surface area contributed by atoms with Crippen molar-refractivity contribution in [2.45, 2.75) is 34.3 Å².